The van der Waals surface area contributed by atoms with Gasteiger partial charge in [-0.15, -0.1) is 0 Å². The van der Waals surface area contributed by atoms with Gasteiger partial charge >= 0.3 is 0 Å². The zero-order valence-corrected chi connectivity index (χ0v) is 26.8. The van der Waals surface area contributed by atoms with Crippen LogP contribution < -0.4 is 0 Å². The molecule has 7 heteroatoms. The van der Waals surface area contributed by atoms with Crippen LogP contribution in [0.25, 0.3) is 72.5 Å². The van der Waals surface area contributed by atoms with Gasteiger partial charge in [-0.3, -0.25) is 0 Å². The third kappa shape index (κ3) is 5.36. The van der Waals surface area contributed by atoms with Gasteiger partial charge in [0.2, 0.25) is 0 Å². The Hall–Kier alpha value is -6.96. The SMILES string of the molecule is Cc1ccc(-c2ccc3c4ccc(-c5ccc(C)cc5)cc4n(-c4ccc(-c5ncc(C#N)cn5)cc4-c4ncc(C#N)cn4)c3c2)cc1. The minimum Gasteiger partial charge on any atom is -0.308 e. The van der Waals surface area contributed by atoms with E-state index in [2.05, 4.69) is 135 Å². The Kier molecular flexibility index (Phi) is 7.21. The standard InChI is InChI=1S/C42H27N7/c1-26-3-7-30(8-4-26)32-11-14-35-36-15-12-33(31-9-5-27(2)6-10-31)19-40(36)49(39(35)18-32)38-16-13-34(41-45-22-28(20-43)23-46-41)17-37(38)42-47-24-29(21-44)25-48-42/h3-19,22-25H,1-2H3. The summed E-state index contributed by atoms with van der Waals surface area (Å²) >= 11 is 0. The topological polar surface area (TPSA) is 104 Å². The van der Waals surface area contributed by atoms with Gasteiger partial charge in [0, 0.05) is 46.7 Å². The molecule has 7 nitrogen and oxygen atoms in total. The van der Waals surface area contributed by atoms with E-state index in [9.17, 15) is 10.5 Å². The maximum absolute atomic E-state index is 9.47. The minimum absolute atomic E-state index is 0.374. The third-order valence-corrected chi connectivity index (χ3v) is 8.84. The molecule has 230 valence electrons. The fourth-order valence-corrected chi connectivity index (χ4v) is 6.24. The van der Waals surface area contributed by atoms with Gasteiger partial charge in [0.1, 0.15) is 12.1 Å². The molecule has 8 aromatic rings. The lowest BCUT2D eigenvalue weighted by atomic mass is 10.0. The van der Waals surface area contributed by atoms with Gasteiger partial charge in [0.05, 0.1) is 27.8 Å². The highest BCUT2D eigenvalue weighted by atomic mass is 15.0. The number of aryl methyl sites for hydroxylation is 2. The van der Waals surface area contributed by atoms with Crippen LogP contribution in [0.15, 0.2) is 128 Å². The molecular weight excluding hydrogens is 603 g/mol. The maximum atomic E-state index is 9.47. The number of rotatable bonds is 5. The summed E-state index contributed by atoms with van der Waals surface area (Å²) in [4.78, 5) is 18.2. The van der Waals surface area contributed by atoms with E-state index in [0.29, 0.717) is 22.8 Å². The molecule has 0 aliphatic rings. The summed E-state index contributed by atoms with van der Waals surface area (Å²) in [6.07, 6.45) is 6.10. The van der Waals surface area contributed by atoms with Crippen LogP contribution >= 0.6 is 0 Å². The first-order chi connectivity index (χ1) is 24.0. The van der Waals surface area contributed by atoms with Crippen molar-refractivity contribution in [3.63, 3.8) is 0 Å². The Morgan fingerprint density at radius 2 is 0.898 bits per heavy atom. The van der Waals surface area contributed by atoms with Crippen LogP contribution in [0.3, 0.4) is 0 Å². The summed E-state index contributed by atoms with van der Waals surface area (Å²) in [5.74, 6) is 0.940. The van der Waals surface area contributed by atoms with Crippen molar-refractivity contribution < 1.29 is 0 Å². The molecule has 0 aliphatic carbocycles. The van der Waals surface area contributed by atoms with Crippen molar-refractivity contribution in [3.8, 4) is 62.9 Å². The third-order valence-electron chi connectivity index (χ3n) is 8.84. The number of hydrogen-bond donors (Lipinski definition) is 0. The quantitative estimate of drug-likeness (QED) is 0.188. The van der Waals surface area contributed by atoms with Gasteiger partial charge in [0.25, 0.3) is 0 Å². The largest absolute Gasteiger partial charge is 0.308 e. The van der Waals surface area contributed by atoms with Crippen molar-refractivity contribution in [3.05, 3.63) is 150 Å². The number of aromatic nitrogens is 5. The smallest absolute Gasteiger partial charge is 0.161 e. The van der Waals surface area contributed by atoms with Gasteiger partial charge in [-0.25, -0.2) is 19.9 Å². The normalized spacial score (nSPS) is 11.0. The molecule has 0 spiro atoms. The molecule has 0 fully saturated rings. The van der Waals surface area contributed by atoms with E-state index < -0.39 is 0 Å². The number of nitrogens with zero attached hydrogens (tertiary/aromatic N) is 7. The summed E-state index contributed by atoms with van der Waals surface area (Å²) < 4.78 is 2.28. The van der Waals surface area contributed by atoms with Gasteiger partial charge < -0.3 is 4.57 Å². The molecule has 0 N–H and O–H groups in total. The molecule has 0 unspecified atom stereocenters. The molecule has 49 heavy (non-hydrogen) atoms. The second kappa shape index (κ2) is 12.0. The highest BCUT2D eigenvalue weighted by molar-refractivity contribution is 6.11. The Balaban J connectivity index is 1.43. The van der Waals surface area contributed by atoms with E-state index in [1.54, 1.807) is 0 Å². The highest BCUT2D eigenvalue weighted by Crippen LogP contribution is 2.40. The lowest BCUT2D eigenvalue weighted by Gasteiger charge is -2.15. The van der Waals surface area contributed by atoms with E-state index in [1.807, 2.05) is 18.2 Å². The van der Waals surface area contributed by atoms with E-state index >= 15 is 0 Å². The number of benzene rings is 5. The molecule has 0 bridgehead atoms. The van der Waals surface area contributed by atoms with Crippen molar-refractivity contribution >= 4 is 21.8 Å². The molecule has 0 amide bonds. The second-order valence-electron chi connectivity index (χ2n) is 12.1. The Morgan fingerprint density at radius 1 is 0.469 bits per heavy atom. The predicted octanol–water partition coefficient (Wildman–Crippen LogP) is 9.39. The molecule has 3 aromatic heterocycles. The second-order valence-corrected chi connectivity index (χ2v) is 12.1. The molecule has 0 saturated carbocycles. The van der Waals surface area contributed by atoms with E-state index in [-0.39, 0.29) is 0 Å². The molecule has 0 atom stereocenters. The fourth-order valence-electron chi connectivity index (χ4n) is 6.24. The molecule has 8 rings (SSSR count). The number of nitriles is 2. The molecule has 0 radical (unpaired) electrons. The Labute approximate surface area is 283 Å². The van der Waals surface area contributed by atoms with Crippen LogP contribution in [-0.4, -0.2) is 24.5 Å². The van der Waals surface area contributed by atoms with Crippen LogP contribution in [0.1, 0.15) is 22.3 Å². The zero-order valence-electron chi connectivity index (χ0n) is 26.8. The summed E-state index contributed by atoms with van der Waals surface area (Å²) in [7, 11) is 0. The minimum atomic E-state index is 0.374. The molecular formula is C42H27N7. The van der Waals surface area contributed by atoms with Crippen molar-refractivity contribution in [2.75, 3.05) is 0 Å². The van der Waals surface area contributed by atoms with E-state index in [1.165, 1.54) is 35.9 Å². The van der Waals surface area contributed by atoms with Gasteiger partial charge in [-0.2, -0.15) is 10.5 Å². The molecule has 0 aliphatic heterocycles. The van der Waals surface area contributed by atoms with Crippen LogP contribution in [0, 0.1) is 36.5 Å². The maximum Gasteiger partial charge on any atom is 0.161 e. The first-order valence-electron chi connectivity index (χ1n) is 15.8. The van der Waals surface area contributed by atoms with Crippen LogP contribution in [0.4, 0.5) is 0 Å². The summed E-state index contributed by atoms with van der Waals surface area (Å²) in [6.45, 7) is 4.19. The van der Waals surface area contributed by atoms with Crippen molar-refractivity contribution in [2.45, 2.75) is 13.8 Å². The average Bonchev–Trinajstić information content (AvgIpc) is 3.48. The monoisotopic (exact) mass is 629 g/mol. The van der Waals surface area contributed by atoms with Crippen molar-refractivity contribution in [1.82, 2.24) is 24.5 Å². The van der Waals surface area contributed by atoms with Gasteiger partial charge in [-0.1, -0.05) is 83.9 Å². The first-order valence-corrected chi connectivity index (χ1v) is 15.8. The predicted molar refractivity (Wildman–Crippen MR) is 193 cm³/mol. The zero-order chi connectivity index (χ0) is 33.5. The molecule has 0 saturated heterocycles. The number of fused-ring (bicyclic) bond motifs is 3. The Morgan fingerprint density at radius 3 is 1.37 bits per heavy atom. The van der Waals surface area contributed by atoms with Crippen LogP contribution in [-0.2, 0) is 0 Å². The number of hydrogen-bond acceptors (Lipinski definition) is 6. The van der Waals surface area contributed by atoms with Crippen molar-refractivity contribution in [1.29, 1.82) is 10.5 Å². The molecule has 3 heterocycles. The summed E-state index contributed by atoms with van der Waals surface area (Å²) in [5, 5.41) is 21.0. The Bertz CT molecular complexity index is 2500. The average molecular weight is 630 g/mol. The van der Waals surface area contributed by atoms with Crippen LogP contribution in [0.5, 0.6) is 0 Å². The van der Waals surface area contributed by atoms with Gasteiger partial charge in [-0.05, 0) is 66.4 Å². The van der Waals surface area contributed by atoms with E-state index in [0.717, 1.165) is 60.9 Å². The fraction of sp³-hybridized carbons (Fsp3) is 0.0476. The summed E-state index contributed by atoms with van der Waals surface area (Å²) in [5.41, 5.74) is 12.1. The van der Waals surface area contributed by atoms with Crippen LogP contribution in [0.2, 0.25) is 0 Å². The van der Waals surface area contributed by atoms with Crippen molar-refractivity contribution in [2.24, 2.45) is 0 Å². The molecule has 5 aromatic carbocycles. The highest BCUT2D eigenvalue weighted by Gasteiger charge is 2.20. The lowest BCUT2D eigenvalue weighted by molar-refractivity contribution is 1.12. The summed E-state index contributed by atoms with van der Waals surface area (Å²) in [6, 6.07) is 40.6. The van der Waals surface area contributed by atoms with Gasteiger partial charge in [0.15, 0.2) is 11.6 Å². The lowest BCUT2D eigenvalue weighted by Crippen LogP contribution is -2.01. The first kappa shape index (κ1) is 29.4. The van der Waals surface area contributed by atoms with E-state index in [4.69, 9.17) is 0 Å².